The van der Waals surface area contributed by atoms with Crippen LogP contribution in [-0.2, 0) is 0 Å². The zero-order chi connectivity index (χ0) is 12.6. The number of nitrogens with two attached hydrogens (primary N) is 1. The average Bonchev–Trinajstić information content (AvgIpc) is 2.21. The van der Waals surface area contributed by atoms with Crippen LogP contribution in [0.5, 0.6) is 0 Å². The van der Waals surface area contributed by atoms with E-state index < -0.39 is 17.5 Å². The molecule has 0 aliphatic carbocycles. The van der Waals surface area contributed by atoms with E-state index in [4.69, 9.17) is 5.73 Å². The highest BCUT2D eigenvalue weighted by molar-refractivity contribution is 5.68. The Morgan fingerprint density at radius 1 is 0.941 bits per heavy atom. The second-order valence-electron chi connectivity index (χ2n) is 3.82. The number of nitrogen functional groups attached to an aromatic ring is 1. The third-order valence-electron chi connectivity index (χ3n) is 2.57. The number of hydrogen-bond donors (Lipinski definition) is 1. The molecule has 0 aliphatic rings. The highest BCUT2D eigenvalue weighted by atomic mass is 19.1. The van der Waals surface area contributed by atoms with Gasteiger partial charge in [0.05, 0.1) is 5.56 Å². The Balaban J connectivity index is 2.64. The van der Waals surface area contributed by atoms with Gasteiger partial charge in [0, 0.05) is 17.8 Å². The average molecular weight is 237 g/mol. The molecule has 0 saturated carbocycles. The van der Waals surface area contributed by atoms with Crippen LogP contribution in [0.15, 0.2) is 30.3 Å². The molecule has 0 radical (unpaired) electrons. The number of rotatable bonds is 1. The van der Waals surface area contributed by atoms with Gasteiger partial charge in [0.1, 0.15) is 17.5 Å². The van der Waals surface area contributed by atoms with Gasteiger partial charge >= 0.3 is 0 Å². The van der Waals surface area contributed by atoms with Crippen molar-refractivity contribution >= 4 is 5.69 Å². The molecule has 0 spiro atoms. The van der Waals surface area contributed by atoms with Crippen LogP contribution in [0.1, 0.15) is 5.56 Å². The van der Waals surface area contributed by atoms with Gasteiger partial charge in [-0.15, -0.1) is 0 Å². The van der Waals surface area contributed by atoms with Crippen molar-refractivity contribution in [2.75, 3.05) is 5.73 Å². The predicted molar refractivity (Wildman–Crippen MR) is 60.9 cm³/mol. The number of anilines is 1. The lowest BCUT2D eigenvalue weighted by Gasteiger charge is -2.08. The molecule has 0 amide bonds. The van der Waals surface area contributed by atoms with E-state index in [0.29, 0.717) is 28.9 Å². The van der Waals surface area contributed by atoms with Crippen molar-refractivity contribution in [1.29, 1.82) is 0 Å². The van der Waals surface area contributed by atoms with Crippen molar-refractivity contribution in [3.8, 4) is 11.1 Å². The first-order valence-corrected chi connectivity index (χ1v) is 5.00. The minimum absolute atomic E-state index is 0.241. The van der Waals surface area contributed by atoms with E-state index >= 15 is 0 Å². The summed E-state index contributed by atoms with van der Waals surface area (Å²) in [4.78, 5) is 0. The summed E-state index contributed by atoms with van der Waals surface area (Å²) >= 11 is 0. The third kappa shape index (κ3) is 2.11. The normalized spacial score (nSPS) is 10.6. The molecular weight excluding hydrogens is 227 g/mol. The van der Waals surface area contributed by atoms with Gasteiger partial charge < -0.3 is 5.73 Å². The van der Waals surface area contributed by atoms with E-state index in [0.717, 1.165) is 0 Å². The maximum atomic E-state index is 13.5. The van der Waals surface area contributed by atoms with Crippen molar-refractivity contribution in [3.63, 3.8) is 0 Å². The van der Waals surface area contributed by atoms with E-state index in [2.05, 4.69) is 0 Å². The van der Waals surface area contributed by atoms with Gasteiger partial charge in [-0.3, -0.25) is 0 Å². The predicted octanol–water partition coefficient (Wildman–Crippen LogP) is 3.66. The van der Waals surface area contributed by atoms with Crippen LogP contribution in [0.4, 0.5) is 18.9 Å². The molecule has 0 atom stereocenters. The molecule has 2 aromatic rings. The summed E-state index contributed by atoms with van der Waals surface area (Å²) in [5.74, 6) is -2.78. The Labute approximate surface area is 96.7 Å². The smallest absolute Gasteiger partial charge is 0.136 e. The minimum Gasteiger partial charge on any atom is -0.399 e. The van der Waals surface area contributed by atoms with Gasteiger partial charge in [0.2, 0.25) is 0 Å². The van der Waals surface area contributed by atoms with Crippen LogP contribution in [0, 0.1) is 24.4 Å². The first kappa shape index (κ1) is 11.5. The Kier molecular flexibility index (Phi) is 2.79. The largest absolute Gasteiger partial charge is 0.399 e. The first-order valence-electron chi connectivity index (χ1n) is 5.00. The quantitative estimate of drug-likeness (QED) is 0.752. The Hall–Kier alpha value is -1.97. The molecule has 0 bridgehead atoms. The SMILES string of the molecule is Cc1cc(-c2c(F)cc(F)cc2F)ccc1N. The molecule has 0 saturated heterocycles. The lowest BCUT2D eigenvalue weighted by molar-refractivity contribution is 0.548. The zero-order valence-corrected chi connectivity index (χ0v) is 9.10. The molecule has 1 nitrogen and oxygen atoms in total. The molecule has 4 heteroatoms. The van der Waals surface area contributed by atoms with Gasteiger partial charge in [0.25, 0.3) is 0 Å². The second kappa shape index (κ2) is 4.13. The molecule has 0 unspecified atom stereocenters. The summed E-state index contributed by atoms with van der Waals surface area (Å²) in [5.41, 5.74) is 6.97. The van der Waals surface area contributed by atoms with Crippen molar-refractivity contribution in [1.82, 2.24) is 0 Å². The van der Waals surface area contributed by atoms with E-state index in [1.54, 1.807) is 19.1 Å². The fraction of sp³-hybridized carbons (Fsp3) is 0.0769. The van der Waals surface area contributed by atoms with Crippen LogP contribution < -0.4 is 5.73 Å². The van der Waals surface area contributed by atoms with Gasteiger partial charge in [0.15, 0.2) is 0 Å². The summed E-state index contributed by atoms with van der Waals surface area (Å²) in [6.45, 7) is 1.73. The third-order valence-corrected chi connectivity index (χ3v) is 2.57. The zero-order valence-electron chi connectivity index (χ0n) is 9.10. The van der Waals surface area contributed by atoms with Crippen LogP contribution in [0.2, 0.25) is 0 Å². The van der Waals surface area contributed by atoms with E-state index in [9.17, 15) is 13.2 Å². The highest BCUT2D eigenvalue weighted by Gasteiger charge is 2.13. The van der Waals surface area contributed by atoms with Gasteiger partial charge in [-0.1, -0.05) is 6.07 Å². The minimum atomic E-state index is -0.934. The summed E-state index contributed by atoms with van der Waals surface area (Å²) in [7, 11) is 0. The number of aryl methyl sites for hydroxylation is 1. The lowest BCUT2D eigenvalue weighted by atomic mass is 10.0. The molecule has 2 rings (SSSR count). The van der Waals surface area contributed by atoms with Crippen LogP contribution in [0.25, 0.3) is 11.1 Å². The molecule has 2 aromatic carbocycles. The summed E-state index contributed by atoms with van der Waals surface area (Å²) < 4.78 is 39.8. The molecule has 2 N–H and O–H groups in total. The molecule has 17 heavy (non-hydrogen) atoms. The van der Waals surface area contributed by atoms with Crippen molar-refractivity contribution in [2.24, 2.45) is 0 Å². The van der Waals surface area contributed by atoms with Crippen LogP contribution in [-0.4, -0.2) is 0 Å². The highest BCUT2D eigenvalue weighted by Crippen LogP contribution is 2.28. The van der Waals surface area contributed by atoms with Crippen molar-refractivity contribution in [2.45, 2.75) is 6.92 Å². The lowest BCUT2D eigenvalue weighted by Crippen LogP contribution is -1.95. The monoisotopic (exact) mass is 237 g/mol. The summed E-state index contributed by atoms with van der Waals surface area (Å²) in [5, 5.41) is 0. The van der Waals surface area contributed by atoms with E-state index in [1.807, 2.05) is 0 Å². The number of benzene rings is 2. The van der Waals surface area contributed by atoms with E-state index in [-0.39, 0.29) is 5.56 Å². The molecule has 0 aromatic heterocycles. The number of hydrogen-bond acceptors (Lipinski definition) is 1. The molecular formula is C13H10F3N. The molecule has 88 valence electrons. The maximum absolute atomic E-state index is 13.5. The first-order chi connectivity index (χ1) is 7.99. The van der Waals surface area contributed by atoms with Gasteiger partial charge in [-0.05, 0) is 30.2 Å². The fourth-order valence-electron chi connectivity index (χ4n) is 1.65. The Morgan fingerprint density at radius 2 is 1.53 bits per heavy atom. The number of halogens is 3. The van der Waals surface area contributed by atoms with Gasteiger partial charge in [-0.25, -0.2) is 13.2 Å². The molecule has 0 heterocycles. The van der Waals surface area contributed by atoms with E-state index in [1.165, 1.54) is 6.07 Å². The second-order valence-corrected chi connectivity index (χ2v) is 3.82. The Morgan fingerprint density at radius 3 is 2.06 bits per heavy atom. The Bertz CT molecular complexity index is 556. The van der Waals surface area contributed by atoms with Crippen molar-refractivity contribution < 1.29 is 13.2 Å². The standard InChI is InChI=1S/C13H10F3N/c1-7-4-8(2-3-12(7)17)13-10(15)5-9(14)6-11(13)16/h2-6H,17H2,1H3. The van der Waals surface area contributed by atoms with Crippen molar-refractivity contribution in [3.05, 3.63) is 53.3 Å². The molecule has 0 aliphatic heterocycles. The maximum Gasteiger partial charge on any atom is 0.136 e. The molecule has 0 fully saturated rings. The topological polar surface area (TPSA) is 26.0 Å². The van der Waals surface area contributed by atoms with Crippen LogP contribution >= 0.6 is 0 Å². The van der Waals surface area contributed by atoms with Gasteiger partial charge in [-0.2, -0.15) is 0 Å². The summed E-state index contributed by atoms with van der Waals surface area (Å²) in [6, 6.07) is 5.94. The van der Waals surface area contributed by atoms with Crippen LogP contribution in [0.3, 0.4) is 0 Å². The fourth-order valence-corrected chi connectivity index (χ4v) is 1.65. The summed E-state index contributed by atoms with van der Waals surface area (Å²) in [6.07, 6.45) is 0.